The van der Waals surface area contributed by atoms with E-state index in [1.54, 1.807) is 12.1 Å². The third-order valence-corrected chi connectivity index (χ3v) is 5.61. The highest BCUT2D eigenvalue weighted by Gasteiger charge is 2.47. The average molecular weight is 397 g/mol. The van der Waals surface area contributed by atoms with Crippen molar-refractivity contribution in [2.45, 2.75) is 26.8 Å². The van der Waals surface area contributed by atoms with E-state index in [0.717, 1.165) is 22.3 Å². The summed E-state index contributed by atoms with van der Waals surface area (Å²) in [6.07, 6.45) is 0. The number of nitrogens with zero attached hydrogens (tertiary/aromatic N) is 1. The van der Waals surface area contributed by atoms with Crippen LogP contribution in [0.5, 0.6) is 0 Å². The maximum atomic E-state index is 13.2. The van der Waals surface area contributed by atoms with Gasteiger partial charge in [0.05, 0.1) is 11.6 Å². The predicted molar refractivity (Wildman–Crippen MR) is 118 cm³/mol. The van der Waals surface area contributed by atoms with Crippen LogP contribution in [0.2, 0.25) is 0 Å². The van der Waals surface area contributed by atoms with Crippen molar-refractivity contribution in [1.82, 2.24) is 0 Å². The van der Waals surface area contributed by atoms with Crippen molar-refractivity contribution in [3.63, 3.8) is 0 Å². The summed E-state index contributed by atoms with van der Waals surface area (Å²) in [5, 5.41) is 11.3. The lowest BCUT2D eigenvalue weighted by Crippen LogP contribution is -2.29. The van der Waals surface area contributed by atoms with Crippen LogP contribution in [0.25, 0.3) is 5.76 Å². The SMILES string of the molecule is Cc1ccc(C)c(/C(O)=C2\C(=O)C(=O)N(c3ccccc3)C2c2ccccc2C)c1. The molecule has 1 amide bonds. The fraction of sp³-hybridized carbons (Fsp3) is 0.154. The molecule has 3 aromatic rings. The lowest BCUT2D eigenvalue weighted by Gasteiger charge is -2.26. The Morgan fingerprint density at radius 1 is 0.833 bits per heavy atom. The summed E-state index contributed by atoms with van der Waals surface area (Å²) in [7, 11) is 0. The van der Waals surface area contributed by atoms with Crippen LogP contribution in [0.15, 0.2) is 78.4 Å². The molecule has 4 heteroatoms. The van der Waals surface area contributed by atoms with Crippen LogP contribution in [-0.4, -0.2) is 16.8 Å². The number of carbonyl (C=O) groups is 2. The summed E-state index contributed by atoms with van der Waals surface area (Å²) in [5.74, 6) is -1.45. The molecule has 1 aliphatic rings. The van der Waals surface area contributed by atoms with Gasteiger partial charge in [-0.05, 0) is 55.7 Å². The number of ketones is 1. The van der Waals surface area contributed by atoms with Gasteiger partial charge in [0.1, 0.15) is 5.76 Å². The van der Waals surface area contributed by atoms with Crippen LogP contribution in [0.1, 0.15) is 33.9 Å². The number of carbonyl (C=O) groups excluding carboxylic acids is 2. The third kappa shape index (κ3) is 3.20. The minimum absolute atomic E-state index is 0.117. The Morgan fingerprint density at radius 3 is 2.20 bits per heavy atom. The van der Waals surface area contributed by atoms with Gasteiger partial charge in [-0.2, -0.15) is 0 Å². The summed E-state index contributed by atoms with van der Waals surface area (Å²) in [5.41, 5.74) is 4.86. The number of rotatable bonds is 3. The van der Waals surface area contributed by atoms with Gasteiger partial charge in [-0.25, -0.2) is 0 Å². The van der Waals surface area contributed by atoms with Crippen LogP contribution in [0, 0.1) is 20.8 Å². The monoisotopic (exact) mass is 397 g/mol. The molecule has 3 aromatic carbocycles. The van der Waals surface area contributed by atoms with Gasteiger partial charge < -0.3 is 5.11 Å². The highest BCUT2D eigenvalue weighted by Crippen LogP contribution is 2.43. The molecule has 1 heterocycles. The van der Waals surface area contributed by atoms with Gasteiger partial charge in [-0.15, -0.1) is 0 Å². The second-order valence-corrected chi connectivity index (χ2v) is 7.68. The Labute approximate surface area is 176 Å². The molecule has 4 nitrogen and oxygen atoms in total. The standard InChI is InChI=1S/C26H23NO3/c1-16-13-14-18(3)21(15-16)24(28)22-23(20-12-8-7-9-17(20)2)27(26(30)25(22)29)19-10-5-4-6-11-19/h4-15,23,28H,1-3H3/b24-22+. The molecule has 0 spiro atoms. The molecule has 150 valence electrons. The first kappa shape index (κ1) is 19.6. The normalized spacial score (nSPS) is 18.1. The van der Waals surface area contributed by atoms with E-state index in [4.69, 9.17) is 0 Å². The van der Waals surface area contributed by atoms with E-state index in [0.29, 0.717) is 11.3 Å². The number of aliphatic hydroxyl groups is 1. The molecule has 0 saturated carbocycles. The van der Waals surface area contributed by atoms with Crippen molar-refractivity contribution in [2.24, 2.45) is 0 Å². The van der Waals surface area contributed by atoms with Crippen molar-refractivity contribution in [2.75, 3.05) is 4.90 Å². The van der Waals surface area contributed by atoms with Gasteiger partial charge in [-0.1, -0.05) is 60.2 Å². The molecule has 30 heavy (non-hydrogen) atoms. The van der Waals surface area contributed by atoms with Crippen molar-refractivity contribution in [3.05, 3.63) is 106 Å². The van der Waals surface area contributed by atoms with Crippen molar-refractivity contribution in [1.29, 1.82) is 0 Å². The molecule has 0 radical (unpaired) electrons. The van der Waals surface area contributed by atoms with E-state index >= 15 is 0 Å². The van der Waals surface area contributed by atoms with E-state index in [-0.39, 0.29) is 11.3 Å². The van der Waals surface area contributed by atoms with E-state index in [9.17, 15) is 14.7 Å². The highest BCUT2D eigenvalue weighted by molar-refractivity contribution is 6.51. The van der Waals surface area contributed by atoms with Gasteiger partial charge in [0, 0.05) is 11.3 Å². The minimum Gasteiger partial charge on any atom is -0.507 e. The summed E-state index contributed by atoms with van der Waals surface area (Å²) >= 11 is 0. The van der Waals surface area contributed by atoms with Crippen LogP contribution in [-0.2, 0) is 9.59 Å². The predicted octanol–water partition coefficient (Wildman–Crippen LogP) is 5.24. The number of aliphatic hydroxyl groups excluding tert-OH is 1. The topological polar surface area (TPSA) is 57.6 Å². The van der Waals surface area contributed by atoms with Crippen molar-refractivity contribution in [3.8, 4) is 0 Å². The van der Waals surface area contributed by atoms with Gasteiger partial charge in [-0.3, -0.25) is 14.5 Å². The highest BCUT2D eigenvalue weighted by atomic mass is 16.3. The number of amides is 1. The van der Waals surface area contributed by atoms with Gasteiger partial charge in [0.2, 0.25) is 0 Å². The number of para-hydroxylation sites is 1. The first-order valence-corrected chi connectivity index (χ1v) is 9.89. The van der Waals surface area contributed by atoms with E-state index < -0.39 is 17.7 Å². The Morgan fingerprint density at radius 2 is 1.50 bits per heavy atom. The van der Waals surface area contributed by atoms with E-state index in [2.05, 4.69) is 0 Å². The van der Waals surface area contributed by atoms with Crippen LogP contribution in [0.3, 0.4) is 0 Å². The van der Waals surface area contributed by atoms with E-state index in [1.807, 2.05) is 81.4 Å². The van der Waals surface area contributed by atoms with Crippen LogP contribution < -0.4 is 4.90 Å². The molecule has 1 saturated heterocycles. The van der Waals surface area contributed by atoms with Gasteiger partial charge in [0.25, 0.3) is 11.7 Å². The smallest absolute Gasteiger partial charge is 0.300 e. The summed E-state index contributed by atoms with van der Waals surface area (Å²) < 4.78 is 0. The number of hydrogen-bond donors (Lipinski definition) is 1. The first-order valence-electron chi connectivity index (χ1n) is 9.89. The Bertz CT molecular complexity index is 1180. The molecule has 1 fully saturated rings. The molecule has 1 unspecified atom stereocenters. The lowest BCUT2D eigenvalue weighted by atomic mass is 9.91. The maximum Gasteiger partial charge on any atom is 0.300 e. The quantitative estimate of drug-likeness (QED) is 0.374. The van der Waals surface area contributed by atoms with Crippen molar-refractivity contribution >= 4 is 23.1 Å². The zero-order chi connectivity index (χ0) is 21.4. The second-order valence-electron chi connectivity index (χ2n) is 7.68. The first-order chi connectivity index (χ1) is 14.4. The average Bonchev–Trinajstić information content (AvgIpc) is 3.01. The number of hydrogen-bond acceptors (Lipinski definition) is 3. The zero-order valence-electron chi connectivity index (χ0n) is 17.2. The summed E-state index contributed by atoms with van der Waals surface area (Å²) in [6, 6.07) is 21.8. The largest absolute Gasteiger partial charge is 0.507 e. The lowest BCUT2D eigenvalue weighted by molar-refractivity contribution is -0.132. The summed E-state index contributed by atoms with van der Waals surface area (Å²) in [4.78, 5) is 27.8. The van der Waals surface area contributed by atoms with E-state index in [1.165, 1.54) is 4.90 Å². The maximum absolute atomic E-state index is 13.2. The minimum atomic E-state index is -0.700. The van der Waals surface area contributed by atoms with Crippen LogP contribution in [0.4, 0.5) is 5.69 Å². The molecule has 0 bridgehead atoms. The number of benzene rings is 3. The van der Waals surface area contributed by atoms with Gasteiger partial charge in [0.15, 0.2) is 0 Å². The third-order valence-electron chi connectivity index (χ3n) is 5.61. The van der Waals surface area contributed by atoms with Gasteiger partial charge >= 0.3 is 0 Å². The molecule has 0 aliphatic carbocycles. The zero-order valence-corrected chi connectivity index (χ0v) is 17.2. The fourth-order valence-corrected chi connectivity index (χ4v) is 4.01. The van der Waals surface area contributed by atoms with Crippen molar-refractivity contribution < 1.29 is 14.7 Å². The number of aryl methyl sites for hydroxylation is 3. The Hall–Kier alpha value is -3.66. The number of anilines is 1. The van der Waals surface area contributed by atoms with Crippen LogP contribution >= 0.6 is 0 Å². The molecular weight excluding hydrogens is 374 g/mol. The summed E-state index contributed by atoms with van der Waals surface area (Å²) in [6.45, 7) is 5.75. The molecule has 1 atom stereocenters. The molecule has 1 N–H and O–H groups in total. The molecule has 1 aliphatic heterocycles. The molecule has 0 aromatic heterocycles. The Kier molecular flexibility index (Phi) is 5.00. The molecular formula is C26H23NO3. The Balaban J connectivity index is 2.01. The molecule has 4 rings (SSSR count). The number of Topliss-reactive ketones (excluding diaryl/α,β-unsaturated/α-hetero) is 1. The fourth-order valence-electron chi connectivity index (χ4n) is 4.01. The second kappa shape index (κ2) is 7.64.